The van der Waals surface area contributed by atoms with Crippen molar-refractivity contribution in [3.05, 3.63) is 17.6 Å². The van der Waals surface area contributed by atoms with Crippen LogP contribution in [0.2, 0.25) is 0 Å². The van der Waals surface area contributed by atoms with Crippen LogP contribution in [0.15, 0.2) is 6.07 Å². The van der Waals surface area contributed by atoms with E-state index in [2.05, 4.69) is 54.9 Å². The zero-order valence-corrected chi connectivity index (χ0v) is 12.5. The number of aromatic nitrogens is 2. The van der Waals surface area contributed by atoms with Crippen molar-refractivity contribution in [1.29, 1.82) is 0 Å². The van der Waals surface area contributed by atoms with E-state index >= 15 is 0 Å². The summed E-state index contributed by atoms with van der Waals surface area (Å²) in [6, 6.07) is 2.51. The Morgan fingerprint density at radius 3 is 2.50 bits per heavy atom. The van der Waals surface area contributed by atoms with Gasteiger partial charge >= 0.3 is 0 Å². The molecule has 0 fully saturated rings. The van der Waals surface area contributed by atoms with E-state index < -0.39 is 0 Å². The maximum absolute atomic E-state index is 4.54. The van der Waals surface area contributed by atoms with Crippen molar-refractivity contribution in [2.45, 2.75) is 47.2 Å². The third-order valence-corrected chi connectivity index (χ3v) is 3.31. The van der Waals surface area contributed by atoms with Crippen LogP contribution < -0.4 is 5.32 Å². The first kappa shape index (κ1) is 14.9. The Morgan fingerprint density at radius 2 is 1.94 bits per heavy atom. The maximum atomic E-state index is 4.54. The molecule has 1 heterocycles. The van der Waals surface area contributed by atoms with Crippen LogP contribution in [0.5, 0.6) is 0 Å². The minimum absolute atomic E-state index is 0.525. The summed E-state index contributed by atoms with van der Waals surface area (Å²) in [4.78, 5) is 11.3. The molecule has 1 unspecified atom stereocenters. The molecule has 0 bridgehead atoms. The summed E-state index contributed by atoms with van der Waals surface area (Å²) < 4.78 is 0. The minimum atomic E-state index is 0.525. The van der Waals surface area contributed by atoms with Crippen LogP contribution in [0.1, 0.15) is 39.2 Å². The lowest BCUT2D eigenvalue weighted by atomic mass is 10.1. The van der Waals surface area contributed by atoms with Gasteiger partial charge in [-0.3, -0.25) is 4.90 Å². The van der Waals surface area contributed by atoms with Gasteiger partial charge in [0.05, 0.1) is 6.54 Å². The monoisotopic (exact) mass is 250 g/mol. The second-order valence-corrected chi connectivity index (χ2v) is 5.24. The number of rotatable bonds is 6. The van der Waals surface area contributed by atoms with Gasteiger partial charge in [0.1, 0.15) is 11.6 Å². The Kier molecular flexibility index (Phi) is 5.54. The van der Waals surface area contributed by atoms with Crippen LogP contribution in [-0.2, 0) is 6.54 Å². The van der Waals surface area contributed by atoms with Crippen molar-refractivity contribution >= 4 is 5.82 Å². The molecule has 102 valence electrons. The molecule has 4 heteroatoms. The number of anilines is 1. The second-order valence-electron chi connectivity index (χ2n) is 5.24. The molecule has 0 spiro atoms. The van der Waals surface area contributed by atoms with E-state index in [0.29, 0.717) is 12.0 Å². The Labute approximate surface area is 111 Å². The third-order valence-electron chi connectivity index (χ3n) is 3.31. The van der Waals surface area contributed by atoms with Crippen molar-refractivity contribution in [3.8, 4) is 0 Å². The quantitative estimate of drug-likeness (QED) is 0.843. The van der Waals surface area contributed by atoms with Crippen molar-refractivity contribution in [2.24, 2.45) is 5.92 Å². The second kappa shape index (κ2) is 6.69. The maximum Gasteiger partial charge on any atom is 0.144 e. The van der Waals surface area contributed by atoms with Gasteiger partial charge in [-0.25, -0.2) is 9.97 Å². The molecule has 18 heavy (non-hydrogen) atoms. The van der Waals surface area contributed by atoms with Gasteiger partial charge in [0.15, 0.2) is 0 Å². The van der Waals surface area contributed by atoms with E-state index in [1.54, 1.807) is 0 Å². The summed E-state index contributed by atoms with van der Waals surface area (Å²) in [5.41, 5.74) is 1.02. The molecule has 0 aliphatic heterocycles. The zero-order chi connectivity index (χ0) is 13.7. The number of hydrogen-bond acceptors (Lipinski definition) is 4. The Bertz CT molecular complexity index is 376. The molecule has 0 aliphatic rings. The molecule has 1 rings (SSSR count). The molecule has 1 N–H and O–H groups in total. The summed E-state index contributed by atoms with van der Waals surface area (Å²) in [5, 5.41) is 3.24. The van der Waals surface area contributed by atoms with Crippen LogP contribution in [0.25, 0.3) is 0 Å². The van der Waals surface area contributed by atoms with E-state index in [9.17, 15) is 0 Å². The van der Waals surface area contributed by atoms with Gasteiger partial charge in [-0.05, 0) is 33.7 Å². The highest BCUT2D eigenvalue weighted by Crippen LogP contribution is 2.12. The fourth-order valence-corrected chi connectivity index (χ4v) is 1.85. The molecule has 4 nitrogen and oxygen atoms in total. The van der Waals surface area contributed by atoms with E-state index in [-0.39, 0.29) is 0 Å². The molecule has 0 saturated heterocycles. The van der Waals surface area contributed by atoms with Crippen LogP contribution in [0.4, 0.5) is 5.82 Å². The van der Waals surface area contributed by atoms with Crippen LogP contribution in [0, 0.1) is 12.8 Å². The van der Waals surface area contributed by atoms with Crippen LogP contribution in [-0.4, -0.2) is 34.5 Å². The molecule has 0 amide bonds. The smallest absolute Gasteiger partial charge is 0.144 e. The average Bonchev–Trinajstić information content (AvgIpc) is 2.27. The topological polar surface area (TPSA) is 41.1 Å². The first-order valence-corrected chi connectivity index (χ1v) is 6.72. The highest BCUT2D eigenvalue weighted by atomic mass is 15.2. The van der Waals surface area contributed by atoms with Crippen LogP contribution >= 0.6 is 0 Å². The van der Waals surface area contributed by atoms with Gasteiger partial charge in [0.2, 0.25) is 0 Å². The largest absolute Gasteiger partial charge is 0.370 e. The van der Waals surface area contributed by atoms with Gasteiger partial charge < -0.3 is 5.32 Å². The zero-order valence-electron chi connectivity index (χ0n) is 12.5. The van der Waals surface area contributed by atoms with Crippen molar-refractivity contribution in [3.63, 3.8) is 0 Å². The molecular weight excluding hydrogens is 224 g/mol. The predicted octanol–water partition coefficient (Wildman–Crippen LogP) is 2.69. The Morgan fingerprint density at radius 1 is 1.28 bits per heavy atom. The van der Waals surface area contributed by atoms with Crippen molar-refractivity contribution < 1.29 is 0 Å². The van der Waals surface area contributed by atoms with Gasteiger partial charge in [-0.15, -0.1) is 0 Å². The normalized spacial score (nSPS) is 13.1. The summed E-state index contributed by atoms with van der Waals surface area (Å²) in [5.74, 6) is 2.44. The predicted molar refractivity (Wildman–Crippen MR) is 76.7 cm³/mol. The average molecular weight is 250 g/mol. The lowest BCUT2D eigenvalue weighted by Crippen LogP contribution is -2.33. The molecule has 0 radical (unpaired) electrons. The SMILES string of the molecule is CCNc1cc(C)nc(CN(C)C(C)C(C)C)n1. The third kappa shape index (κ3) is 4.26. The molecule has 1 atom stereocenters. The Hall–Kier alpha value is -1.16. The van der Waals surface area contributed by atoms with E-state index in [1.807, 2.05) is 13.0 Å². The number of hydrogen-bond donors (Lipinski definition) is 1. The van der Waals surface area contributed by atoms with Gasteiger partial charge in [0, 0.05) is 24.3 Å². The van der Waals surface area contributed by atoms with Crippen molar-refractivity contribution in [1.82, 2.24) is 14.9 Å². The number of aryl methyl sites for hydroxylation is 1. The van der Waals surface area contributed by atoms with E-state index in [1.165, 1.54) is 0 Å². The summed E-state index contributed by atoms with van der Waals surface area (Å²) in [6.45, 7) is 12.5. The summed E-state index contributed by atoms with van der Waals surface area (Å²) >= 11 is 0. The van der Waals surface area contributed by atoms with Gasteiger partial charge in [-0.1, -0.05) is 13.8 Å². The van der Waals surface area contributed by atoms with Gasteiger partial charge in [0.25, 0.3) is 0 Å². The van der Waals surface area contributed by atoms with Gasteiger partial charge in [-0.2, -0.15) is 0 Å². The van der Waals surface area contributed by atoms with Crippen LogP contribution in [0.3, 0.4) is 0 Å². The first-order chi connectivity index (χ1) is 8.43. The number of nitrogens with zero attached hydrogens (tertiary/aromatic N) is 3. The first-order valence-electron chi connectivity index (χ1n) is 6.72. The highest BCUT2D eigenvalue weighted by Gasteiger charge is 2.14. The van der Waals surface area contributed by atoms with E-state index in [0.717, 1.165) is 30.4 Å². The molecule has 1 aromatic heterocycles. The van der Waals surface area contributed by atoms with E-state index in [4.69, 9.17) is 0 Å². The molecule has 1 aromatic rings. The summed E-state index contributed by atoms with van der Waals surface area (Å²) in [6.07, 6.45) is 0. The fraction of sp³-hybridized carbons (Fsp3) is 0.714. The lowest BCUT2D eigenvalue weighted by molar-refractivity contribution is 0.196. The molecule has 0 aliphatic carbocycles. The minimum Gasteiger partial charge on any atom is -0.370 e. The Balaban J connectivity index is 2.77. The number of nitrogens with one attached hydrogen (secondary N) is 1. The fourth-order valence-electron chi connectivity index (χ4n) is 1.85. The molecule has 0 aromatic carbocycles. The highest BCUT2D eigenvalue weighted by molar-refractivity contribution is 5.35. The summed E-state index contributed by atoms with van der Waals surface area (Å²) in [7, 11) is 2.13. The standard InChI is InChI=1S/C14H26N4/c1-7-15-13-8-11(4)16-14(17-13)9-18(6)12(5)10(2)3/h8,10,12H,7,9H2,1-6H3,(H,15,16,17). The molecular formula is C14H26N4. The molecule has 0 saturated carbocycles. The van der Waals surface area contributed by atoms with Crippen molar-refractivity contribution in [2.75, 3.05) is 18.9 Å². The lowest BCUT2D eigenvalue weighted by Gasteiger charge is -2.27.